The fourth-order valence-electron chi connectivity index (χ4n) is 0. The van der Waals surface area contributed by atoms with E-state index in [1.165, 1.54) is 0 Å². The van der Waals surface area contributed by atoms with Gasteiger partial charge in [0, 0.05) is 0 Å². The van der Waals surface area contributed by atoms with Crippen molar-refractivity contribution in [3.63, 3.8) is 0 Å². The molecule has 0 saturated heterocycles. The van der Waals surface area contributed by atoms with Crippen molar-refractivity contribution in [3.05, 3.63) is 0 Å². The third-order valence-corrected chi connectivity index (χ3v) is 0. The molecule has 0 bridgehead atoms. The van der Waals surface area contributed by atoms with Crippen LogP contribution in [0, 0.1) is 0 Å². The average molecular weight is 196 g/mol. The topological polar surface area (TPSA) is 132 Å². The molecule has 0 aliphatic heterocycles. The van der Waals surface area contributed by atoms with Crippen LogP contribution in [-0.2, 0) is 0 Å². The Bertz CT molecular complexity index is 64.8. The van der Waals surface area contributed by atoms with E-state index in [1.54, 1.807) is 0 Å². The Labute approximate surface area is 107 Å². The van der Waals surface area contributed by atoms with Crippen LogP contribution in [0.3, 0.4) is 0 Å². The molecule has 0 aromatic carbocycles. The van der Waals surface area contributed by atoms with E-state index in [0.717, 1.165) is 0 Å². The molecule has 6 nitrogen and oxygen atoms in total. The van der Waals surface area contributed by atoms with Crippen molar-refractivity contribution in [2.24, 2.45) is 0 Å². The van der Waals surface area contributed by atoms with Crippen molar-refractivity contribution in [1.29, 1.82) is 0 Å². The minimum absolute atomic E-state index is 0. The first-order valence-electron chi connectivity index (χ1n) is 1.32. The Morgan fingerprint density at radius 3 is 1.00 bits per heavy atom. The molecule has 10 heteroatoms. The number of carbonyl (C=O) groups is 1. The summed E-state index contributed by atoms with van der Waals surface area (Å²) in [5, 5.41) is 41.9. The van der Waals surface area contributed by atoms with E-state index in [9.17, 15) is 0 Å². The van der Waals surface area contributed by atoms with E-state index >= 15 is 0 Å². The van der Waals surface area contributed by atoms with Crippen LogP contribution in [0.2, 0.25) is 0 Å². The van der Waals surface area contributed by atoms with Gasteiger partial charge in [0.25, 0.3) is 0 Å². The van der Waals surface area contributed by atoms with Crippen molar-refractivity contribution < 1.29 is 59.6 Å². The molecule has 0 N–H and O–H groups in total. The van der Waals surface area contributed by atoms with Crippen LogP contribution in [0.15, 0.2) is 0 Å². The van der Waals surface area contributed by atoms with Crippen LogP contribution in [0.1, 0.15) is 0 Å². The molecule has 48 valence electrons. The Morgan fingerprint density at radius 1 is 1.00 bits per heavy atom. The van der Waals surface area contributed by atoms with Crippen molar-refractivity contribution in [3.8, 4) is 0 Å². The summed E-state index contributed by atoms with van der Waals surface area (Å²) in [6, 6.07) is 0. The Hall–Kier alpha value is 1.28. The molecule has 0 unspecified atom stereocenters. The molecule has 0 radical (unpaired) electrons. The van der Waals surface area contributed by atoms with Gasteiger partial charge in [-0.1, -0.05) is 0 Å². The molecule has 0 aliphatic rings. The first kappa shape index (κ1) is 29.5. The Balaban J connectivity index is -0.0000000171. The minimum Gasteiger partial charge on any atom is -0.907 e. The van der Waals surface area contributed by atoms with E-state index in [2.05, 4.69) is 0 Å². The monoisotopic (exact) mass is 196 g/mol. The van der Waals surface area contributed by atoms with Crippen LogP contribution in [0.4, 0.5) is 4.79 Å². The number of hydrogen-bond acceptors (Lipinski definition) is 6. The normalized spacial score (nSPS) is 4.64. The molecule has 0 atom stereocenters. The third kappa shape index (κ3) is 593. The molecule has 0 aliphatic carbocycles. The summed E-state index contributed by atoms with van der Waals surface area (Å²) in [5.41, 5.74) is 0. The summed E-state index contributed by atoms with van der Waals surface area (Å²) >= 11 is 0. The van der Waals surface area contributed by atoms with Gasteiger partial charge in [-0.15, -0.1) is 0 Å². The second-order valence-electron chi connectivity index (χ2n) is 0.539. The summed E-state index contributed by atoms with van der Waals surface area (Å²) in [6.07, 6.45) is -2.33. The standard InChI is InChI=1S/CH2O3.2Al.BO3.Na/c2-1(3)4;;;2-1(3)4;/h(H2,2,3,4);;;;/q;2*+3;-3;+1/p-2. The van der Waals surface area contributed by atoms with Crippen LogP contribution in [-0.4, -0.2) is 48.2 Å². The van der Waals surface area contributed by atoms with Gasteiger partial charge >= 0.3 is 64.3 Å². The largest absolute Gasteiger partial charge is 3.00 e. The molecule has 0 saturated carbocycles. The zero-order chi connectivity index (χ0) is 7.15. The number of hydrogen-bond donors (Lipinski definition) is 0. The molecular weight excluding hydrogens is 196 g/mol. The quantitative estimate of drug-likeness (QED) is 0.353. The fourth-order valence-corrected chi connectivity index (χ4v) is 0. The summed E-state index contributed by atoms with van der Waals surface area (Å²) in [5.74, 6) is 0. The average Bonchev–Trinajstić information content (AvgIpc) is 1.25. The van der Waals surface area contributed by atoms with Crippen LogP contribution in [0.5, 0.6) is 0 Å². The second-order valence-corrected chi connectivity index (χ2v) is 0.539. The van der Waals surface area contributed by atoms with Gasteiger partial charge in [0.1, 0.15) is 0 Å². The first-order chi connectivity index (χ1) is 3.46. The van der Waals surface area contributed by atoms with Gasteiger partial charge < -0.3 is 30.1 Å². The van der Waals surface area contributed by atoms with Crippen molar-refractivity contribution in [2.45, 2.75) is 0 Å². The summed E-state index contributed by atoms with van der Waals surface area (Å²) in [7, 11) is -2.92. The molecule has 11 heavy (non-hydrogen) atoms. The maximum atomic E-state index is 8.42. The van der Waals surface area contributed by atoms with E-state index in [4.69, 9.17) is 30.1 Å². The molecule has 0 rings (SSSR count). The number of carboxylic acid groups (broad SMARTS) is 2. The Morgan fingerprint density at radius 2 is 1.00 bits per heavy atom. The fraction of sp³-hybridized carbons (Fsp3) is 0. The smallest absolute Gasteiger partial charge is 0.907 e. The van der Waals surface area contributed by atoms with Crippen molar-refractivity contribution in [2.75, 3.05) is 0 Å². The zero-order valence-electron chi connectivity index (χ0n) is 5.68. The molecule has 0 amide bonds. The van der Waals surface area contributed by atoms with E-state index in [0.29, 0.717) is 0 Å². The van der Waals surface area contributed by atoms with Gasteiger partial charge in [0.05, 0.1) is 0 Å². The number of rotatable bonds is 0. The van der Waals surface area contributed by atoms with Gasteiger partial charge in [-0.3, -0.25) is 7.32 Å². The van der Waals surface area contributed by atoms with Crippen molar-refractivity contribution in [1.82, 2.24) is 0 Å². The Kier molecular flexibility index (Phi) is 60.3. The van der Waals surface area contributed by atoms with E-state index < -0.39 is 13.5 Å². The van der Waals surface area contributed by atoms with Crippen molar-refractivity contribution >= 4 is 48.2 Å². The van der Waals surface area contributed by atoms with Crippen LogP contribution in [0.25, 0.3) is 0 Å². The van der Waals surface area contributed by atoms with Gasteiger partial charge in [-0.2, -0.15) is 0 Å². The summed E-state index contributed by atoms with van der Waals surface area (Å²) in [4.78, 5) is 8.33. The molecule has 0 fully saturated rings. The predicted molar refractivity (Wildman–Crippen MR) is 22.7 cm³/mol. The van der Waals surface area contributed by atoms with Gasteiger partial charge in [-0.05, 0) is 6.16 Å². The van der Waals surface area contributed by atoms with E-state index in [-0.39, 0.29) is 64.3 Å². The van der Waals surface area contributed by atoms with Gasteiger partial charge in [0.2, 0.25) is 0 Å². The van der Waals surface area contributed by atoms with Gasteiger partial charge in [0.15, 0.2) is 0 Å². The number of carbonyl (C=O) groups excluding carboxylic acids is 1. The van der Waals surface area contributed by atoms with E-state index in [1.807, 2.05) is 0 Å². The minimum atomic E-state index is -2.92. The van der Waals surface area contributed by atoms with Crippen LogP contribution >= 0.6 is 0 Å². The summed E-state index contributed by atoms with van der Waals surface area (Å²) in [6.45, 7) is 0. The summed E-state index contributed by atoms with van der Waals surface area (Å²) < 4.78 is 0. The maximum Gasteiger partial charge on any atom is 3.00 e. The van der Waals surface area contributed by atoms with Gasteiger partial charge in [-0.25, -0.2) is 0 Å². The molecule has 0 heterocycles. The molecule has 0 aromatic rings. The molecule has 0 aromatic heterocycles. The van der Waals surface area contributed by atoms with Crippen LogP contribution < -0.4 is 54.8 Å². The molecule has 0 spiro atoms. The maximum absolute atomic E-state index is 8.42. The SMILES string of the molecule is O=C([O-])[O-].[Al+3].[Al+3].[Na+].[O-]B([O-])[O-]. The predicted octanol–water partition coefficient (Wildman–Crippen LogP) is -10.2. The zero-order valence-corrected chi connectivity index (χ0v) is 9.99. The first-order valence-corrected chi connectivity index (χ1v) is 1.32. The second kappa shape index (κ2) is 22.5. The third-order valence-electron chi connectivity index (χ3n) is 0. The molecular formula is CAl2BNaO6+2.